The topological polar surface area (TPSA) is 65.4 Å². The van der Waals surface area contributed by atoms with E-state index in [4.69, 9.17) is 16.9 Å². The van der Waals surface area contributed by atoms with Gasteiger partial charge in [0.2, 0.25) is 0 Å². The van der Waals surface area contributed by atoms with Crippen molar-refractivity contribution in [2.45, 2.75) is 0 Å². The summed E-state index contributed by atoms with van der Waals surface area (Å²) in [6, 6.07) is 1.73. The molecule has 0 unspecified atom stereocenters. The van der Waals surface area contributed by atoms with Gasteiger partial charge in [-0.1, -0.05) is 11.6 Å². The van der Waals surface area contributed by atoms with Gasteiger partial charge in [-0.2, -0.15) is 5.26 Å². The number of aromatic nitrogens is 3. The molecule has 0 aliphatic carbocycles. The molecule has 2 aromatic heterocycles. The maximum absolute atomic E-state index is 8.30. The van der Waals surface area contributed by atoms with E-state index >= 15 is 0 Å². The Morgan fingerprint density at radius 2 is 2.29 bits per heavy atom. The van der Waals surface area contributed by atoms with Gasteiger partial charge in [-0.25, -0.2) is 9.97 Å². The van der Waals surface area contributed by atoms with E-state index in [0.29, 0.717) is 21.7 Å². The van der Waals surface area contributed by atoms with Gasteiger partial charge in [0.25, 0.3) is 0 Å². The van der Waals surface area contributed by atoms with Gasteiger partial charge in [0.1, 0.15) is 17.4 Å². The second-order valence-corrected chi connectivity index (χ2v) is 2.81. The Hall–Kier alpha value is -2.04. The molecule has 0 saturated heterocycles. The van der Waals surface area contributed by atoms with Crippen LogP contribution in [0.15, 0.2) is 12.5 Å². The number of nitriles is 1. The molecule has 0 atom stereocenters. The molecule has 5 heteroatoms. The van der Waals surface area contributed by atoms with Crippen LogP contribution in [0, 0.1) is 23.2 Å². The summed E-state index contributed by atoms with van der Waals surface area (Å²) in [6.45, 7) is 0. The monoisotopic (exact) mass is 202 g/mol. The number of halogens is 1. The van der Waals surface area contributed by atoms with Gasteiger partial charge in [0.15, 0.2) is 11.2 Å². The van der Waals surface area contributed by atoms with Crippen molar-refractivity contribution in [2.75, 3.05) is 0 Å². The molecule has 0 spiro atoms. The van der Waals surface area contributed by atoms with Gasteiger partial charge in [-0.15, -0.1) is 0 Å². The van der Waals surface area contributed by atoms with Crippen molar-refractivity contribution < 1.29 is 0 Å². The van der Waals surface area contributed by atoms with Gasteiger partial charge in [0, 0.05) is 12.1 Å². The lowest BCUT2D eigenvalue weighted by Gasteiger charge is -1.90. The number of fused-ring (bicyclic) bond motifs is 1. The van der Waals surface area contributed by atoms with Gasteiger partial charge in [-0.3, -0.25) is 0 Å². The molecule has 14 heavy (non-hydrogen) atoms. The first-order valence-corrected chi connectivity index (χ1v) is 4.08. The highest BCUT2D eigenvalue weighted by Crippen LogP contribution is 2.19. The summed E-state index contributed by atoms with van der Waals surface area (Å²) in [5, 5.41) is 8.65. The van der Waals surface area contributed by atoms with Gasteiger partial charge in [-0.05, 0) is 5.92 Å². The third-order valence-electron chi connectivity index (χ3n) is 1.67. The van der Waals surface area contributed by atoms with Crippen LogP contribution in [-0.2, 0) is 0 Å². The van der Waals surface area contributed by atoms with E-state index in [0.717, 1.165) is 0 Å². The Morgan fingerprint density at radius 1 is 1.43 bits per heavy atom. The van der Waals surface area contributed by atoms with E-state index < -0.39 is 0 Å². The molecule has 0 aliphatic rings. The molecule has 66 valence electrons. The predicted octanol–water partition coefficient (Wildman–Crippen LogP) is 1.49. The van der Waals surface area contributed by atoms with Crippen LogP contribution in [0.5, 0.6) is 0 Å². The third kappa shape index (κ3) is 1.28. The van der Waals surface area contributed by atoms with E-state index in [-0.39, 0.29) is 0 Å². The highest BCUT2D eigenvalue weighted by Gasteiger charge is 2.06. The van der Waals surface area contributed by atoms with Crippen LogP contribution in [0.1, 0.15) is 5.56 Å². The Bertz CT molecular complexity index is 582. The van der Waals surface area contributed by atoms with Gasteiger partial charge in [0.05, 0.1) is 5.56 Å². The minimum atomic E-state index is 0.347. The van der Waals surface area contributed by atoms with E-state index in [1.165, 1.54) is 6.33 Å². The fourth-order valence-corrected chi connectivity index (χ4v) is 1.29. The minimum Gasteiger partial charge on any atom is -0.356 e. The average molecular weight is 203 g/mol. The lowest BCUT2D eigenvalue weighted by atomic mass is 10.3. The first-order chi connectivity index (χ1) is 6.83. The van der Waals surface area contributed by atoms with Crippen LogP contribution in [0.3, 0.4) is 0 Å². The normalized spacial score (nSPS) is 9.14. The molecule has 2 heterocycles. The summed E-state index contributed by atoms with van der Waals surface area (Å²) >= 11 is 5.81. The second-order valence-electron chi connectivity index (χ2n) is 2.45. The van der Waals surface area contributed by atoms with Crippen LogP contribution in [0.25, 0.3) is 11.0 Å². The maximum atomic E-state index is 8.30. The van der Waals surface area contributed by atoms with Gasteiger partial charge < -0.3 is 4.98 Å². The summed E-state index contributed by atoms with van der Waals surface area (Å²) < 4.78 is 0. The SMILES string of the molecule is N#CC#Cc1c[nH]c2c(Cl)ncnc12. The summed E-state index contributed by atoms with van der Waals surface area (Å²) in [6.07, 6.45) is 3.01. The highest BCUT2D eigenvalue weighted by molar-refractivity contribution is 6.33. The first kappa shape index (κ1) is 8.55. The highest BCUT2D eigenvalue weighted by atomic mass is 35.5. The Balaban J connectivity index is 2.71. The zero-order chi connectivity index (χ0) is 9.97. The smallest absolute Gasteiger partial charge is 0.156 e. The second kappa shape index (κ2) is 3.37. The van der Waals surface area contributed by atoms with Crippen molar-refractivity contribution in [3.8, 4) is 17.9 Å². The minimum absolute atomic E-state index is 0.347. The molecule has 0 amide bonds. The van der Waals surface area contributed by atoms with Crippen molar-refractivity contribution in [2.24, 2.45) is 0 Å². The molecule has 0 fully saturated rings. The largest absolute Gasteiger partial charge is 0.356 e. The number of nitrogens with zero attached hydrogens (tertiary/aromatic N) is 3. The van der Waals surface area contributed by atoms with Crippen LogP contribution in [0.2, 0.25) is 5.15 Å². The predicted molar refractivity (Wildman–Crippen MR) is 51.4 cm³/mol. The summed E-state index contributed by atoms with van der Waals surface area (Å²) in [4.78, 5) is 10.7. The summed E-state index contributed by atoms with van der Waals surface area (Å²) in [5.74, 6) is 4.95. The fraction of sp³-hybridized carbons (Fsp3) is 0. The molecule has 0 radical (unpaired) electrons. The van der Waals surface area contributed by atoms with E-state index in [1.54, 1.807) is 12.3 Å². The molecule has 0 aliphatic heterocycles. The third-order valence-corrected chi connectivity index (χ3v) is 1.96. The van der Waals surface area contributed by atoms with Crippen molar-refractivity contribution in [1.82, 2.24) is 15.0 Å². The van der Waals surface area contributed by atoms with E-state index in [1.807, 2.05) is 0 Å². The lowest BCUT2D eigenvalue weighted by molar-refractivity contribution is 1.22. The molecule has 0 saturated carbocycles. The zero-order valence-corrected chi connectivity index (χ0v) is 7.63. The van der Waals surface area contributed by atoms with Crippen LogP contribution >= 0.6 is 11.6 Å². The standard InChI is InChI=1S/C9H3ClN4/c10-9-8-7(13-5-14-9)6(4-12-8)2-1-3-11/h4-5,12H. The number of H-pyrrole nitrogens is 1. The number of rotatable bonds is 0. The Kier molecular flexibility index (Phi) is 2.06. The molecule has 0 aromatic carbocycles. The van der Waals surface area contributed by atoms with Crippen molar-refractivity contribution in [1.29, 1.82) is 5.26 Å². The lowest BCUT2D eigenvalue weighted by Crippen LogP contribution is -1.81. The molecular formula is C9H3ClN4. The molecule has 0 bridgehead atoms. The summed E-state index contributed by atoms with van der Waals surface area (Å²) in [7, 11) is 0. The Morgan fingerprint density at radius 3 is 3.07 bits per heavy atom. The molecule has 4 nitrogen and oxygen atoms in total. The van der Waals surface area contributed by atoms with Crippen LogP contribution in [0.4, 0.5) is 0 Å². The number of aromatic amines is 1. The molecule has 2 aromatic rings. The van der Waals surface area contributed by atoms with Crippen molar-refractivity contribution in [3.63, 3.8) is 0 Å². The quantitative estimate of drug-likeness (QED) is 0.520. The molecular weight excluding hydrogens is 200 g/mol. The van der Waals surface area contributed by atoms with Gasteiger partial charge >= 0.3 is 0 Å². The number of hydrogen-bond acceptors (Lipinski definition) is 3. The fourth-order valence-electron chi connectivity index (χ4n) is 1.10. The zero-order valence-electron chi connectivity index (χ0n) is 6.87. The van der Waals surface area contributed by atoms with Crippen LogP contribution in [-0.4, -0.2) is 15.0 Å². The van der Waals surface area contributed by atoms with E-state index in [9.17, 15) is 0 Å². The number of nitrogens with one attached hydrogen (secondary N) is 1. The molecule has 1 N–H and O–H groups in total. The summed E-state index contributed by atoms with van der Waals surface area (Å²) in [5.41, 5.74) is 1.91. The molecule has 2 rings (SSSR count). The number of hydrogen-bond donors (Lipinski definition) is 1. The van der Waals surface area contributed by atoms with Crippen molar-refractivity contribution >= 4 is 22.6 Å². The first-order valence-electron chi connectivity index (χ1n) is 3.70. The Labute approximate surface area is 84.6 Å². The average Bonchev–Trinajstić information content (AvgIpc) is 2.60. The van der Waals surface area contributed by atoms with Crippen molar-refractivity contribution in [3.05, 3.63) is 23.2 Å². The maximum Gasteiger partial charge on any atom is 0.156 e. The van der Waals surface area contributed by atoms with E-state index in [2.05, 4.69) is 26.8 Å². The van der Waals surface area contributed by atoms with Crippen LogP contribution < -0.4 is 0 Å².